The number of hydrogen-bond acceptors (Lipinski definition) is 4. The predicted octanol–water partition coefficient (Wildman–Crippen LogP) is 5.53. The molecule has 4 N–H and O–H groups in total. The van der Waals surface area contributed by atoms with Gasteiger partial charge in [0.05, 0.1) is 23.0 Å². The lowest BCUT2D eigenvalue weighted by atomic mass is 10.1. The van der Waals surface area contributed by atoms with Crippen molar-refractivity contribution in [3.63, 3.8) is 0 Å². The van der Waals surface area contributed by atoms with Gasteiger partial charge in [-0.25, -0.2) is 26.3 Å². The number of halogens is 3. The van der Waals surface area contributed by atoms with E-state index in [0.717, 1.165) is 15.9 Å². The van der Waals surface area contributed by atoms with Gasteiger partial charge in [0.1, 0.15) is 11.6 Å². The SMILES string of the molecule is O=C(Nc1ccc(NC(=O)C2CCN(S(=O)(=O)Cc3ccccc3F)C2)c(F)c1)Nc1c[nH]c2ccc(Cl)cc12. The van der Waals surface area contributed by atoms with Gasteiger partial charge in [-0.1, -0.05) is 29.8 Å². The third-order valence-corrected chi connectivity index (χ3v) is 8.62. The number of sulfonamides is 1. The highest BCUT2D eigenvalue weighted by Crippen LogP contribution is 2.28. The second kappa shape index (κ2) is 11.2. The number of nitrogens with zero attached hydrogens (tertiary/aromatic N) is 1. The Morgan fingerprint density at radius 2 is 1.77 bits per heavy atom. The summed E-state index contributed by atoms with van der Waals surface area (Å²) < 4.78 is 55.4. The molecule has 1 aromatic heterocycles. The minimum Gasteiger partial charge on any atom is -0.359 e. The van der Waals surface area contributed by atoms with Crippen molar-refractivity contribution in [3.05, 3.63) is 89.1 Å². The van der Waals surface area contributed by atoms with E-state index < -0.39 is 45.3 Å². The Morgan fingerprint density at radius 1 is 0.975 bits per heavy atom. The predicted molar refractivity (Wildman–Crippen MR) is 150 cm³/mol. The second-order valence-electron chi connectivity index (χ2n) is 9.35. The Bertz CT molecular complexity index is 1710. The first kappa shape index (κ1) is 27.6. The molecule has 4 aromatic rings. The van der Waals surface area contributed by atoms with Crippen LogP contribution in [0, 0.1) is 17.6 Å². The van der Waals surface area contributed by atoms with E-state index in [1.807, 2.05) is 0 Å². The molecule has 5 rings (SSSR count). The van der Waals surface area contributed by atoms with Gasteiger partial charge in [0, 0.05) is 46.5 Å². The van der Waals surface area contributed by atoms with Gasteiger partial charge >= 0.3 is 6.03 Å². The van der Waals surface area contributed by atoms with Gasteiger partial charge in [0.25, 0.3) is 0 Å². The molecule has 9 nitrogen and oxygen atoms in total. The number of H-pyrrole nitrogens is 1. The normalized spacial score (nSPS) is 15.7. The molecule has 3 aromatic carbocycles. The third kappa shape index (κ3) is 6.09. The van der Waals surface area contributed by atoms with Crippen molar-refractivity contribution < 1.29 is 26.8 Å². The van der Waals surface area contributed by atoms with Crippen LogP contribution in [0.4, 0.5) is 30.6 Å². The van der Waals surface area contributed by atoms with Gasteiger partial charge in [-0.05, 0) is 48.9 Å². The number of amides is 3. The van der Waals surface area contributed by atoms with E-state index >= 15 is 0 Å². The number of aromatic nitrogens is 1. The molecule has 1 fully saturated rings. The smallest absolute Gasteiger partial charge is 0.323 e. The molecular weight excluding hydrogens is 564 g/mol. The fourth-order valence-electron chi connectivity index (χ4n) is 4.51. The first-order chi connectivity index (χ1) is 19.1. The molecule has 0 bridgehead atoms. The van der Waals surface area contributed by atoms with Gasteiger partial charge in [0.15, 0.2) is 0 Å². The summed E-state index contributed by atoms with van der Waals surface area (Å²) in [6, 6.07) is 14.0. The first-order valence-electron chi connectivity index (χ1n) is 12.3. The molecule has 3 amide bonds. The average molecular weight is 588 g/mol. The number of fused-ring (bicyclic) bond motifs is 1. The van der Waals surface area contributed by atoms with Crippen molar-refractivity contribution >= 4 is 61.5 Å². The maximum absolute atomic E-state index is 14.8. The molecule has 40 heavy (non-hydrogen) atoms. The fraction of sp³-hybridized carbons (Fsp3) is 0.185. The Hall–Kier alpha value is -4.00. The van der Waals surface area contributed by atoms with Crippen molar-refractivity contribution in [2.24, 2.45) is 5.92 Å². The van der Waals surface area contributed by atoms with E-state index in [1.165, 1.54) is 30.3 Å². The number of carbonyl (C=O) groups excluding carboxylic acids is 2. The number of urea groups is 1. The van der Waals surface area contributed by atoms with Gasteiger partial charge < -0.3 is 20.9 Å². The lowest BCUT2D eigenvalue weighted by Crippen LogP contribution is -2.32. The van der Waals surface area contributed by atoms with Crippen molar-refractivity contribution in [2.45, 2.75) is 12.2 Å². The Kier molecular flexibility index (Phi) is 7.74. The van der Waals surface area contributed by atoms with Crippen molar-refractivity contribution in [3.8, 4) is 0 Å². The van der Waals surface area contributed by atoms with Gasteiger partial charge in [-0.3, -0.25) is 4.79 Å². The van der Waals surface area contributed by atoms with E-state index in [9.17, 15) is 26.8 Å². The molecule has 1 atom stereocenters. The van der Waals surface area contributed by atoms with Crippen LogP contribution in [0.2, 0.25) is 5.02 Å². The highest BCUT2D eigenvalue weighted by molar-refractivity contribution is 7.88. The monoisotopic (exact) mass is 587 g/mol. The zero-order valence-electron chi connectivity index (χ0n) is 20.9. The molecule has 1 aliphatic rings. The summed E-state index contributed by atoms with van der Waals surface area (Å²) in [5.74, 6) is -3.17. The summed E-state index contributed by atoms with van der Waals surface area (Å²) in [6.07, 6.45) is 1.85. The molecular formula is C27H24ClF2N5O4S. The molecule has 1 saturated heterocycles. The van der Waals surface area contributed by atoms with Crippen LogP contribution >= 0.6 is 11.6 Å². The molecule has 0 aliphatic carbocycles. The molecule has 0 radical (unpaired) electrons. The molecule has 1 unspecified atom stereocenters. The lowest BCUT2D eigenvalue weighted by molar-refractivity contribution is -0.119. The zero-order chi connectivity index (χ0) is 28.4. The summed E-state index contributed by atoms with van der Waals surface area (Å²) in [5, 5.41) is 8.90. The minimum absolute atomic E-state index is 0.0469. The van der Waals surface area contributed by atoms with Gasteiger partial charge in [0.2, 0.25) is 15.9 Å². The largest absolute Gasteiger partial charge is 0.359 e. The van der Waals surface area contributed by atoms with E-state index in [4.69, 9.17) is 11.6 Å². The second-order valence-corrected chi connectivity index (χ2v) is 11.8. The van der Waals surface area contributed by atoms with E-state index in [-0.39, 0.29) is 36.4 Å². The molecule has 0 spiro atoms. The molecule has 1 aliphatic heterocycles. The molecule has 2 heterocycles. The number of aromatic amines is 1. The van der Waals surface area contributed by atoms with Gasteiger partial charge in [-0.15, -0.1) is 0 Å². The fourth-order valence-corrected chi connectivity index (χ4v) is 6.28. The quantitative estimate of drug-likeness (QED) is 0.227. The summed E-state index contributed by atoms with van der Waals surface area (Å²) in [6.45, 7) is 0.00105. The van der Waals surface area contributed by atoms with Crippen LogP contribution in [-0.2, 0) is 20.6 Å². The lowest BCUT2D eigenvalue weighted by Gasteiger charge is -2.17. The Morgan fingerprint density at radius 3 is 2.55 bits per heavy atom. The highest BCUT2D eigenvalue weighted by atomic mass is 35.5. The molecule has 0 saturated carbocycles. The van der Waals surface area contributed by atoms with Crippen molar-refractivity contribution in [1.82, 2.24) is 9.29 Å². The third-order valence-electron chi connectivity index (χ3n) is 6.59. The van der Waals surface area contributed by atoms with Crippen LogP contribution in [0.5, 0.6) is 0 Å². The summed E-state index contributed by atoms with van der Waals surface area (Å²) >= 11 is 6.03. The molecule has 13 heteroatoms. The van der Waals surface area contributed by atoms with Crippen LogP contribution in [0.3, 0.4) is 0 Å². The average Bonchev–Trinajstić information content (AvgIpc) is 3.55. The number of benzene rings is 3. The maximum Gasteiger partial charge on any atom is 0.323 e. The van der Waals surface area contributed by atoms with Crippen LogP contribution < -0.4 is 16.0 Å². The van der Waals surface area contributed by atoms with Crippen LogP contribution in [-0.4, -0.2) is 42.7 Å². The highest BCUT2D eigenvalue weighted by Gasteiger charge is 2.35. The first-order valence-corrected chi connectivity index (χ1v) is 14.2. The van der Waals surface area contributed by atoms with Gasteiger partial charge in [-0.2, -0.15) is 0 Å². The van der Waals surface area contributed by atoms with Crippen molar-refractivity contribution in [1.29, 1.82) is 0 Å². The summed E-state index contributed by atoms with van der Waals surface area (Å²) in [5.41, 5.74) is 1.34. The van der Waals surface area contributed by atoms with E-state index in [2.05, 4.69) is 20.9 Å². The number of rotatable bonds is 7. The van der Waals surface area contributed by atoms with Crippen LogP contribution in [0.15, 0.2) is 66.9 Å². The topological polar surface area (TPSA) is 123 Å². The number of hydrogen-bond donors (Lipinski definition) is 4. The number of nitrogens with one attached hydrogen (secondary N) is 4. The summed E-state index contributed by atoms with van der Waals surface area (Å²) in [4.78, 5) is 28.3. The van der Waals surface area contributed by atoms with E-state index in [1.54, 1.807) is 30.5 Å². The Labute approximate surface area is 233 Å². The minimum atomic E-state index is -3.85. The standard InChI is InChI=1S/C27H24ClF2N5O4S/c28-18-5-7-23-20(11-18)25(13-31-23)34-27(37)32-19-6-8-24(22(30)12-19)33-26(36)16-9-10-35(14-16)40(38,39)15-17-3-1-2-4-21(17)29/h1-8,11-13,16,31H,9-10,14-15H2,(H,33,36)(H2,32,34,37). The molecule has 208 valence electrons. The zero-order valence-corrected chi connectivity index (χ0v) is 22.5. The van der Waals surface area contributed by atoms with Crippen LogP contribution in [0.1, 0.15) is 12.0 Å². The maximum atomic E-state index is 14.8. The van der Waals surface area contributed by atoms with Crippen molar-refractivity contribution in [2.75, 3.05) is 29.0 Å². The number of anilines is 3. The number of carbonyl (C=O) groups is 2. The van der Waals surface area contributed by atoms with E-state index in [0.29, 0.717) is 16.1 Å². The van der Waals surface area contributed by atoms with Crippen LogP contribution in [0.25, 0.3) is 10.9 Å². The summed E-state index contributed by atoms with van der Waals surface area (Å²) in [7, 11) is -3.85. The Balaban J connectivity index is 1.17.